The van der Waals surface area contributed by atoms with E-state index in [1.165, 1.54) is 12.4 Å². The molecule has 3 aromatic heterocycles. The second-order valence-electron chi connectivity index (χ2n) is 5.82. The highest BCUT2D eigenvalue weighted by Gasteiger charge is 2.25. The number of pyridine rings is 1. The Balaban J connectivity index is 1.59. The molecular weight excluding hydrogens is 316 g/mol. The average molecular weight is 332 g/mol. The lowest BCUT2D eigenvalue weighted by atomic mass is 9.92. The Hall–Kier alpha value is -3.22. The first kappa shape index (κ1) is 15.3. The SMILES string of the molecule is O=C(NC1CCCc2nc(-c3ccccn3)ncc21)c1cnccn1. The van der Waals surface area contributed by atoms with Crippen LogP contribution in [0.5, 0.6) is 0 Å². The minimum absolute atomic E-state index is 0.115. The molecule has 4 rings (SSSR count). The van der Waals surface area contributed by atoms with Gasteiger partial charge in [-0.1, -0.05) is 6.07 Å². The summed E-state index contributed by atoms with van der Waals surface area (Å²) in [5, 5.41) is 3.01. The van der Waals surface area contributed by atoms with Gasteiger partial charge in [0.25, 0.3) is 5.91 Å². The number of carbonyl (C=O) groups is 1. The van der Waals surface area contributed by atoms with Crippen molar-refractivity contribution in [3.8, 4) is 11.5 Å². The van der Waals surface area contributed by atoms with Crippen LogP contribution in [-0.4, -0.2) is 30.8 Å². The van der Waals surface area contributed by atoms with E-state index >= 15 is 0 Å². The van der Waals surface area contributed by atoms with Crippen LogP contribution in [0, 0.1) is 0 Å². The molecule has 1 unspecified atom stereocenters. The second kappa shape index (κ2) is 6.72. The molecule has 1 aliphatic carbocycles. The summed E-state index contributed by atoms with van der Waals surface area (Å²) in [5.74, 6) is 0.375. The van der Waals surface area contributed by atoms with E-state index < -0.39 is 0 Å². The molecule has 0 aromatic carbocycles. The van der Waals surface area contributed by atoms with Crippen molar-refractivity contribution in [2.24, 2.45) is 0 Å². The molecule has 0 bridgehead atoms. The van der Waals surface area contributed by atoms with Crippen LogP contribution >= 0.6 is 0 Å². The van der Waals surface area contributed by atoms with Crippen LogP contribution in [0.25, 0.3) is 11.5 Å². The third-order valence-electron chi connectivity index (χ3n) is 4.18. The summed E-state index contributed by atoms with van der Waals surface area (Å²) in [5.41, 5.74) is 2.98. The fourth-order valence-corrected chi connectivity index (χ4v) is 2.96. The summed E-state index contributed by atoms with van der Waals surface area (Å²) < 4.78 is 0. The molecule has 1 amide bonds. The first-order chi connectivity index (χ1) is 12.3. The van der Waals surface area contributed by atoms with Gasteiger partial charge in [-0.25, -0.2) is 15.0 Å². The summed E-state index contributed by atoms with van der Waals surface area (Å²) in [6, 6.07) is 5.54. The molecule has 124 valence electrons. The van der Waals surface area contributed by atoms with Gasteiger partial charge in [-0.15, -0.1) is 0 Å². The van der Waals surface area contributed by atoms with Gasteiger partial charge in [0.1, 0.15) is 11.4 Å². The molecular formula is C18H16N6O. The minimum atomic E-state index is -0.236. The van der Waals surface area contributed by atoms with Crippen molar-refractivity contribution in [1.29, 1.82) is 0 Å². The lowest BCUT2D eigenvalue weighted by Gasteiger charge is -2.25. The predicted molar refractivity (Wildman–Crippen MR) is 90.4 cm³/mol. The zero-order chi connectivity index (χ0) is 17.1. The fraction of sp³-hybridized carbons (Fsp3) is 0.222. The molecule has 1 atom stereocenters. The first-order valence-corrected chi connectivity index (χ1v) is 8.15. The normalized spacial score (nSPS) is 16.1. The van der Waals surface area contributed by atoms with Gasteiger partial charge < -0.3 is 5.32 Å². The number of fused-ring (bicyclic) bond motifs is 1. The molecule has 0 aliphatic heterocycles. The number of rotatable bonds is 3. The van der Waals surface area contributed by atoms with E-state index in [1.807, 2.05) is 18.2 Å². The molecule has 0 spiro atoms. The van der Waals surface area contributed by atoms with E-state index in [0.29, 0.717) is 11.5 Å². The monoisotopic (exact) mass is 332 g/mol. The van der Waals surface area contributed by atoms with Gasteiger partial charge in [0.05, 0.1) is 12.2 Å². The fourth-order valence-electron chi connectivity index (χ4n) is 2.96. The van der Waals surface area contributed by atoms with Gasteiger partial charge in [0.15, 0.2) is 5.82 Å². The van der Waals surface area contributed by atoms with Gasteiger partial charge in [-0.05, 0) is 31.4 Å². The zero-order valence-electron chi connectivity index (χ0n) is 13.5. The van der Waals surface area contributed by atoms with Crippen LogP contribution in [0.15, 0.2) is 49.2 Å². The quantitative estimate of drug-likeness (QED) is 0.790. The Morgan fingerprint density at radius 3 is 2.84 bits per heavy atom. The molecule has 0 saturated carbocycles. The highest BCUT2D eigenvalue weighted by molar-refractivity contribution is 5.92. The molecule has 25 heavy (non-hydrogen) atoms. The Labute approximate surface area is 144 Å². The van der Waals surface area contributed by atoms with Crippen LogP contribution < -0.4 is 5.32 Å². The van der Waals surface area contributed by atoms with E-state index in [4.69, 9.17) is 0 Å². The molecule has 3 heterocycles. The topological polar surface area (TPSA) is 93.6 Å². The van der Waals surface area contributed by atoms with E-state index in [2.05, 4.69) is 30.2 Å². The summed E-state index contributed by atoms with van der Waals surface area (Å²) in [6.45, 7) is 0. The number of hydrogen-bond acceptors (Lipinski definition) is 6. The van der Waals surface area contributed by atoms with Crippen LogP contribution in [0.1, 0.15) is 40.6 Å². The third-order valence-corrected chi connectivity index (χ3v) is 4.18. The Morgan fingerprint density at radius 2 is 2.04 bits per heavy atom. The number of amides is 1. The molecule has 3 aromatic rings. The Bertz CT molecular complexity index is 885. The molecule has 0 saturated heterocycles. The van der Waals surface area contributed by atoms with Gasteiger partial charge in [0.2, 0.25) is 0 Å². The van der Waals surface area contributed by atoms with Gasteiger partial charge in [0, 0.05) is 36.0 Å². The smallest absolute Gasteiger partial charge is 0.271 e. The number of carbonyl (C=O) groups excluding carboxylic acids is 1. The number of aryl methyl sites for hydroxylation is 1. The highest BCUT2D eigenvalue weighted by atomic mass is 16.1. The predicted octanol–water partition coefficient (Wildman–Crippen LogP) is 2.14. The van der Waals surface area contributed by atoms with Crippen molar-refractivity contribution in [3.63, 3.8) is 0 Å². The van der Waals surface area contributed by atoms with Crippen molar-refractivity contribution >= 4 is 5.91 Å². The van der Waals surface area contributed by atoms with Gasteiger partial charge >= 0.3 is 0 Å². The van der Waals surface area contributed by atoms with E-state index in [9.17, 15) is 4.79 Å². The van der Waals surface area contributed by atoms with Crippen molar-refractivity contribution in [1.82, 2.24) is 30.2 Å². The molecule has 1 N–H and O–H groups in total. The summed E-state index contributed by atoms with van der Waals surface area (Å²) in [4.78, 5) is 33.7. The maximum Gasteiger partial charge on any atom is 0.271 e. The third kappa shape index (κ3) is 3.21. The summed E-state index contributed by atoms with van der Waals surface area (Å²) >= 11 is 0. The summed E-state index contributed by atoms with van der Waals surface area (Å²) in [7, 11) is 0. The zero-order valence-corrected chi connectivity index (χ0v) is 13.5. The first-order valence-electron chi connectivity index (χ1n) is 8.15. The van der Waals surface area contributed by atoms with Crippen LogP contribution in [-0.2, 0) is 6.42 Å². The van der Waals surface area contributed by atoms with E-state index in [1.54, 1.807) is 18.6 Å². The Morgan fingerprint density at radius 1 is 1.08 bits per heavy atom. The molecule has 1 aliphatic rings. The molecule has 7 nitrogen and oxygen atoms in total. The van der Waals surface area contributed by atoms with Crippen molar-refractivity contribution in [3.05, 3.63) is 66.1 Å². The van der Waals surface area contributed by atoms with Crippen LogP contribution in [0.2, 0.25) is 0 Å². The van der Waals surface area contributed by atoms with E-state index in [0.717, 1.165) is 36.2 Å². The molecule has 0 radical (unpaired) electrons. The number of nitrogens with zero attached hydrogens (tertiary/aromatic N) is 5. The minimum Gasteiger partial charge on any atom is -0.344 e. The van der Waals surface area contributed by atoms with Crippen LogP contribution in [0.3, 0.4) is 0 Å². The maximum atomic E-state index is 12.3. The van der Waals surface area contributed by atoms with E-state index in [-0.39, 0.29) is 11.9 Å². The summed E-state index contributed by atoms with van der Waals surface area (Å²) in [6.07, 6.45) is 10.7. The van der Waals surface area contributed by atoms with Crippen molar-refractivity contribution in [2.45, 2.75) is 25.3 Å². The van der Waals surface area contributed by atoms with Crippen molar-refractivity contribution < 1.29 is 4.79 Å². The van der Waals surface area contributed by atoms with Gasteiger partial charge in [-0.2, -0.15) is 0 Å². The number of hydrogen-bond donors (Lipinski definition) is 1. The highest BCUT2D eigenvalue weighted by Crippen LogP contribution is 2.29. The number of aromatic nitrogens is 5. The lowest BCUT2D eigenvalue weighted by molar-refractivity contribution is 0.0927. The largest absolute Gasteiger partial charge is 0.344 e. The van der Waals surface area contributed by atoms with Gasteiger partial charge in [-0.3, -0.25) is 14.8 Å². The molecule has 0 fully saturated rings. The van der Waals surface area contributed by atoms with Crippen LogP contribution in [0.4, 0.5) is 0 Å². The lowest BCUT2D eigenvalue weighted by Crippen LogP contribution is -2.32. The maximum absolute atomic E-state index is 12.3. The Kier molecular flexibility index (Phi) is 4.12. The molecule has 7 heteroatoms. The van der Waals surface area contributed by atoms with Crippen molar-refractivity contribution in [2.75, 3.05) is 0 Å². The second-order valence-corrected chi connectivity index (χ2v) is 5.82. The average Bonchev–Trinajstić information content (AvgIpc) is 2.69. The number of nitrogens with one attached hydrogen (secondary N) is 1. The standard InChI is InChI=1S/C18H16N6O/c25-18(16-11-19-8-9-21-16)24-14-6-3-5-13-12(14)10-22-17(23-13)15-4-1-2-7-20-15/h1-2,4,7-11,14H,3,5-6H2,(H,24,25).